The van der Waals surface area contributed by atoms with Crippen LogP contribution in [0.3, 0.4) is 0 Å². The molecule has 3 rings (SSSR count). The van der Waals surface area contributed by atoms with Crippen molar-refractivity contribution >= 4 is 19.2 Å². The maximum atomic E-state index is 6.79. The molecule has 2 aromatic carbocycles. The molecular formula is C23H31NO2Si. The zero-order valence-electron chi connectivity index (χ0n) is 17.6. The highest BCUT2D eigenvalue weighted by molar-refractivity contribution is 6.74. The van der Waals surface area contributed by atoms with E-state index in [2.05, 4.69) is 87.8 Å². The van der Waals surface area contributed by atoms with Crippen molar-refractivity contribution < 1.29 is 9.16 Å². The Hall–Kier alpha value is -2.20. The molecule has 0 atom stereocenters. The topological polar surface area (TPSA) is 23.4 Å². The lowest BCUT2D eigenvalue weighted by Gasteiger charge is -2.36. The lowest BCUT2D eigenvalue weighted by molar-refractivity contribution is 0.415. The van der Waals surface area contributed by atoms with Gasteiger partial charge in [-0.15, -0.1) is 0 Å². The van der Waals surface area contributed by atoms with Crippen molar-refractivity contribution in [2.45, 2.75) is 52.4 Å². The van der Waals surface area contributed by atoms with Crippen LogP contribution in [0.2, 0.25) is 18.1 Å². The summed E-state index contributed by atoms with van der Waals surface area (Å²) in [5, 5.41) is 1.28. The lowest BCUT2D eigenvalue weighted by atomic mass is 10.2. The van der Waals surface area contributed by atoms with Crippen molar-refractivity contribution in [3.63, 3.8) is 0 Å². The molecule has 0 amide bonds. The number of fused-ring (bicyclic) bond motifs is 1. The normalized spacial score (nSPS) is 12.4. The Morgan fingerprint density at radius 1 is 1.00 bits per heavy atom. The lowest BCUT2D eigenvalue weighted by Crippen LogP contribution is -2.44. The predicted octanol–water partition coefficient (Wildman–Crippen LogP) is 6.39. The highest BCUT2D eigenvalue weighted by atomic mass is 28.4. The van der Waals surface area contributed by atoms with E-state index >= 15 is 0 Å². The van der Waals surface area contributed by atoms with E-state index in [1.54, 1.807) is 7.11 Å². The summed E-state index contributed by atoms with van der Waals surface area (Å²) in [6.07, 6.45) is 0. The van der Waals surface area contributed by atoms with E-state index in [0.717, 1.165) is 23.4 Å². The second kappa shape index (κ2) is 7.08. The molecule has 0 radical (unpaired) electrons. The summed E-state index contributed by atoms with van der Waals surface area (Å²) in [4.78, 5) is 0. The van der Waals surface area contributed by atoms with E-state index in [4.69, 9.17) is 9.16 Å². The van der Waals surface area contributed by atoms with Crippen molar-refractivity contribution in [3.05, 3.63) is 59.8 Å². The molecule has 0 spiro atoms. The van der Waals surface area contributed by atoms with E-state index in [-0.39, 0.29) is 5.04 Å². The highest BCUT2D eigenvalue weighted by Crippen LogP contribution is 2.42. The quantitative estimate of drug-likeness (QED) is 0.478. The van der Waals surface area contributed by atoms with Crippen LogP contribution in [0.4, 0.5) is 0 Å². The van der Waals surface area contributed by atoms with Crippen LogP contribution in [0.15, 0.2) is 48.5 Å². The number of rotatable bonds is 5. The Balaban J connectivity index is 2.16. The monoisotopic (exact) mass is 381 g/mol. The van der Waals surface area contributed by atoms with Crippen LogP contribution in [0.25, 0.3) is 10.9 Å². The van der Waals surface area contributed by atoms with Crippen molar-refractivity contribution in [3.8, 4) is 11.5 Å². The van der Waals surface area contributed by atoms with E-state index in [9.17, 15) is 0 Å². The molecule has 0 unspecified atom stereocenters. The van der Waals surface area contributed by atoms with E-state index in [1.165, 1.54) is 16.8 Å². The smallest absolute Gasteiger partial charge is 0.250 e. The third-order valence-corrected chi connectivity index (χ3v) is 10.1. The summed E-state index contributed by atoms with van der Waals surface area (Å²) in [5.74, 6) is 1.87. The molecule has 4 heteroatoms. The van der Waals surface area contributed by atoms with Crippen LogP contribution in [0.5, 0.6) is 11.5 Å². The second-order valence-electron chi connectivity index (χ2n) is 8.73. The van der Waals surface area contributed by atoms with Gasteiger partial charge < -0.3 is 13.7 Å². The minimum atomic E-state index is -1.95. The van der Waals surface area contributed by atoms with Crippen molar-refractivity contribution in [1.29, 1.82) is 0 Å². The van der Waals surface area contributed by atoms with Gasteiger partial charge in [0.05, 0.1) is 18.3 Å². The van der Waals surface area contributed by atoms with Crippen LogP contribution in [0.1, 0.15) is 32.0 Å². The van der Waals surface area contributed by atoms with Gasteiger partial charge in [-0.2, -0.15) is 0 Å². The Bertz CT molecular complexity index is 936. The molecule has 0 aliphatic heterocycles. The fourth-order valence-corrected chi connectivity index (χ4v) is 4.14. The van der Waals surface area contributed by atoms with Crippen molar-refractivity contribution in [1.82, 2.24) is 4.57 Å². The van der Waals surface area contributed by atoms with Crippen molar-refractivity contribution in [2.24, 2.45) is 0 Å². The summed E-state index contributed by atoms with van der Waals surface area (Å²) in [7, 11) is -0.243. The molecule has 3 aromatic rings. The first-order valence-corrected chi connectivity index (χ1v) is 12.4. The third kappa shape index (κ3) is 3.77. The van der Waals surface area contributed by atoms with Crippen LogP contribution < -0.4 is 9.16 Å². The molecule has 3 nitrogen and oxygen atoms in total. The van der Waals surface area contributed by atoms with Crippen molar-refractivity contribution in [2.75, 3.05) is 7.11 Å². The number of nitrogens with zero attached hydrogens (tertiary/aromatic N) is 1. The fourth-order valence-electron chi connectivity index (χ4n) is 3.06. The molecular weight excluding hydrogens is 350 g/mol. The summed E-state index contributed by atoms with van der Waals surface area (Å²) in [5.41, 5.74) is 3.64. The largest absolute Gasteiger partial charge is 0.542 e. The molecule has 0 aliphatic rings. The second-order valence-corrected chi connectivity index (χ2v) is 13.5. The van der Waals surface area contributed by atoms with E-state index in [1.807, 2.05) is 6.07 Å². The van der Waals surface area contributed by atoms with Crippen LogP contribution in [0, 0.1) is 6.92 Å². The Kier molecular flexibility index (Phi) is 5.13. The van der Waals surface area contributed by atoms with Gasteiger partial charge >= 0.3 is 0 Å². The van der Waals surface area contributed by atoms with Crippen LogP contribution >= 0.6 is 0 Å². The summed E-state index contributed by atoms with van der Waals surface area (Å²) in [6, 6.07) is 16.8. The summed E-state index contributed by atoms with van der Waals surface area (Å²) in [6.45, 7) is 14.4. The molecule has 0 saturated carbocycles. The first-order valence-electron chi connectivity index (χ1n) is 9.54. The number of aromatic nitrogens is 1. The first-order chi connectivity index (χ1) is 12.6. The summed E-state index contributed by atoms with van der Waals surface area (Å²) < 4.78 is 14.6. The maximum Gasteiger partial charge on any atom is 0.250 e. The average Bonchev–Trinajstić information content (AvgIpc) is 2.86. The number of hydrogen-bond donors (Lipinski definition) is 0. The Morgan fingerprint density at radius 2 is 1.67 bits per heavy atom. The summed E-state index contributed by atoms with van der Waals surface area (Å²) >= 11 is 0. The highest BCUT2D eigenvalue weighted by Gasteiger charge is 2.40. The zero-order valence-corrected chi connectivity index (χ0v) is 18.6. The van der Waals surface area contributed by atoms with E-state index < -0.39 is 8.32 Å². The fraction of sp³-hybridized carbons (Fsp3) is 0.391. The number of ether oxygens (including phenoxy) is 1. The van der Waals surface area contributed by atoms with Gasteiger partial charge in [0.15, 0.2) is 0 Å². The van der Waals surface area contributed by atoms with E-state index in [0.29, 0.717) is 0 Å². The van der Waals surface area contributed by atoms with Gasteiger partial charge in [-0.1, -0.05) is 51.1 Å². The molecule has 1 heterocycles. The number of hydrogen-bond acceptors (Lipinski definition) is 2. The third-order valence-electron chi connectivity index (χ3n) is 5.82. The Morgan fingerprint density at radius 3 is 2.26 bits per heavy atom. The average molecular weight is 382 g/mol. The SMILES string of the molecule is COc1ccc2c(c1)c(O[Si](C)(C)C(C)(C)C)c(C)n2Cc1ccccc1. The maximum absolute atomic E-state index is 6.79. The Labute approximate surface area is 164 Å². The van der Waals surface area contributed by atoms with Gasteiger partial charge in [0.1, 0.15) is 11.5 Å². The molecule has 0 bridgehead atoms. The van der Waals surface area contributed by atoms with Crippen LogP contribution in [-0.4, -0.2) is 20.0 Å². The molecule has 144 valence electrons. The standard InChI is InChI=1S/C23H31NO2Si/c1-17-22(26-27(6,7)23(2,3)4)20-15-19(25-5)13-14-21(20)24(17)16-18-11-9-8-10-12-18/h8-15H,16H2,1-7H3. The number of methoxy groups -OCH3 is 1. The van der Waals surface area contributed by atoms with Gasteiger partial charge in [-0.05, 0) is 48.8 Å². The molecule has 0 saturated heterocycles. The minimum Gasteiger partial charge on any atom is -0.542 e. The zero-order chi connectivity index (χ0) is 19.8. The molecule has 1 aromatic heterocycles. The van der Waals surface area contributed by atoms with Gasteiger partial charge in [0.25, 0.3) is 8.32 Å². The van der Waals surface area contributed by atoms with Crippen LogP contribution in [-0.2, 0) is 6.54 Å². The van der Waals surface area contributed by atoms with Gasteiger partial charge in [0.2, 0.25) is 0 Å². The molecule has 0 N–H and O–H groups in total. The molecule has 0 aliphatic carbocycles. The predicted molar refractivity (Wildman–Crippen MR) is 117 cm³/mol. The first kappa shape index (κ1) is 19.6. The van der Waals surface area contributed by atoms with Gasteiger partial charge in [0, 0.05) is 11.9 Å². The molecule has 0 fully saturated rings. The number of benzene rings is 2. The van der Waals surface area contributed by atoms with Gasteiger partial charge in [-0.3, -0.25) is 0 Å². The minimum absolute atomic E-state index is 0.145. The molecule has 27 heavy (non-hydrogen) atoms. The van der Waals surface area contributed by atoms with Gasteiger partial charge in [-0.25, -0.2) is 0 Å².